The van der Waals surface area contributed by atoms with Crippen molar-refractivity contribution in [3.8, 4) is 0 Å². The lowest BCUT2D eigenvalue weighted by molar-refractivity contribution is 0.0513. The molecule has 10 heteroatoms. The Morgan fingerprint density at radius 2 is 1.06 bits per heavy atom. The van der Waals surface area contributed by atoms with Crippen LogP contribution in [0.3, 0.4) is 0 Å². The molecular formula is C40H58N6O4. The number of nitrogens with zero attached hydrogens (tertiary/aromatic N) is 6. The van der Waals surface area contributed by atoms with E-state index in [-0.39, 0.29) is 20.8 Å². The van der Waals surface area contributed by atoms with Crippen LogP contribution in [0.5, 0.6) is 0 Å². The maximum absolute atomic E-state index is 12.2. The molecule has 4 aromatic heterocycles. The zero-order valence-corrected chi connectivity index (χ0v) is 29.2. The van der Waals surface area contributed by atoms with Gasteiger partial charge in [-0.15, -0.1) is 0 Å². The average Bonchev–Trinajstić information content (AvgIpc) is 3.62. The van der Waals surface area contributed by atoms with E-state index in [4.69, 9.17) is 14.7 Å². The number of hydrogen-bond donors (Lipinski definition) is 1. The molecule has 1 N–H and O–H groups in total. The van der Waals surface area contributed by atoms with Crippen molar-refractivity contribution in [2.75, 3.05) is 42.6 Å². The molecule has 0 aliphatic carbocycles. The Kier molecular flexibility index (Phi) is 14.7. The summed E-state index contributed by atoms with van der Waals surface area (Å²) in [7, 11) is 0. The lowest BCUT2D eigenvalue weighted by atomic mass is 10.1. The third-order valence-electron chi connectivity index (χ3n) is 8.81. The van der Waals surface area contributed by atoms with Crippen molar-refractivity contribution in [2.24, 2.45) is 0 Å². The van der Waals surface area contributed by atoms with Crippen LogP contribution >= 0.6 is 0 Å². The fraction of sp³-hybridized carbons (Fsp3) is 0.500. The minimum absolute atomic E-state index is 0. The summed E-state index contributed by atoms with van der Waals surface area (Å²) in [6, 6.07) is 12.0. The third-order valence-corrected chi connectivity index (χ3v) is 8.81. The summed E-state index contributed by atoms with van der Waals surface area (Å²) in [5.74, 6) is 0.887. The highest BCUT2D eigenvalue weighted by molar-refractivity contribution is 5.88. The smallest absolute Gasteiger partial charge is 0.354 e. The van der Waals surface area contributed by atoms with Crippen LogP contribution in [0.4, 0.5) is 11.6 Å². The van der Waals surface area contributed by atoms with E-state index >= 15 is 0 Å². The Bertz CT molecular complexity index is 1710. The Labute approximate surface area is 299 Å². The van der Waals surface area contributed by atoms with Crippen LogP contribution in [-0.4, -0.2) is 68.9 Å². The third kappa shape index (κ3) is 10.5. The standard InChI is InChI=1S/C20H27N3O2.C18H23N3O2.2CH4/c1-4-25-20(24)18-11-16(3)13-23(18)14-17-10-15(2)12-19(21-17)22-8-6-5-7-9-22;1-13-8-15(12-21-11-14(2)9-16(21)18(22)23)19-17(10-13)20-6-4-3-5-7-20;;/h10-13H,4-9,14H2,1-3H3;8-11H,3-7,12H2,1-2H3,(H,22,23);2*1H4. The number of anilines is 2. The molecule has 0 saturated carbocycles. The van der Waals surface area contributed by atoms with Gasteiger partial charge in [-0.3, -0.25) is 0 Å². The number of piperidine rings is 2. The number of hydrogen-bond acceptors (Lipinski definition) is 7. The molecule has 2 aliphatic heterocycles. The number of rotatable bonds is 9. The first-order valence-corrected chi connectivity index (χ1v) is 17.3. The highest BCUT2D eigenvalue weighted by Crippen LogP contribution is 2.22. The number of aromatic nitrogens is 4. The molecule has 2 fully saturated rings. The van der Waals surface area contributed by atoms with Crippen LogP contribution < -0.4 is 9.80 Å². The highest BCUT2D eigenvalue weighted by Gasteiger charge is 2.18. The summed E-state index contributed by atoms with van der Waals surface area (Å²) in [6.45, 7) is 15.6. The summed E-state index contributed by atoms with van der Waals surface area (Å²) in [5.41, 5.74) is 7.14. The molecule has 0 amide bonds. The Hall–Kier alpha value is -4.60. The number of aromatic carboxylic acids is 1. The molecule has 0 aromatic carbocycles. The van der Waals surface area contributed by atoms with Gasteiger partial charge in [0.1, 0.15) is 23.0 Å². The number of pyridine rings is 2. The normalized spacial score (nSPS) is 14.2. The fourth-order valence-corrected chi connectivity index (χ4v) is 6.65. The number of carbonyl (C=O) groups excluding carboxylic acids is 1. The maximum atomic E-state index is 12.2. The van der Waals surface area contributed by atoms with E-state index in [0.717, 1.165) is 65.9 Å². The van der Waals surface area contributed by atoms with Crippen molar-refractivity contribution in [1.29, 1.82) is 0 Å². The highest BCUT2D eigenvalue weighted by atomic mass is 16.5. The first-order chi connectivity index (χ1) is 23.1. The molecule has 272 valence electrons. The molecule has 0 spiro atoms. The van der Waals surface area contributed by atoms with E-state index < -0.39 is 5.97 Å². The monoisotopic (exact) mass is 686 g/mol. The zero-order valence-electron chi connectivity index (χ0n) is 29.2. The Morgan fingerprint density at radius 1 is 0.640 bits per heavy atom. The summed E-state index contributed by atoms with van der Waals surface area (Å²) < 4.78 is 8.88. The van der Waals surface area contributed by atoms with E-state index in [9.17, 15) is 14.7 Å². The second kappa shape index (κ2) is 18.4. The van der Waals surface area contributed by atoms with E-state index in [1.165, 1.54) is 44.1 Å². The average molecular weight is 687 g/mol. The second-order valence-corrected chi connectivity index (χ2v) is 13.2. The van der Waals surface area contributed by atoms with Gasteiger partial charge >= 0.3 is 11.9 Å². The predicted molar refractivity (Wildman–Crippen MR) is 203 cm³/mol. The fourth-order valence-electron chi connectivity index (χ4n) is 6.65. The number of carbonyl (C=O) groups is 2. The Morgan fingerprint density at radius 3 is 1.48 bits per heavy atom. The lowest BCUT2D eigenvalue weighted by Crippen LogP contribution is -2.30. The second-order valence-electron chi connectivity index (χ2n) is 13.2. The predicted octanol–water partition coefficient (Wildman–Crippen LogP) is 8.22. The van der Waals surface area contributed by atoms with Crippen LogP contribution in [0.2, 0.25) is 0 Å². The molecule has 0 unspecified atom stereocenters. The topological polar surface area (TPSA) is 106 Å². The number of aryl methyl sites for hydroxylation is 4. The van der Waals surface area contributed by atoms with Crippen LogP contribution in [0, 0.1) is 27.7 Å². The largest absolute Gasteiger partial charge is 0.477 e. The summed E-state index contributed by atoms with van der Waals surface area (Å²) >= 11 is 0. The van der Waals surface area contributed by atoms with Crippen molar-refractivity contribution in [1.82, 2.24) is 19.1 Å². The van der Waals surface area contributed by atoms with Crippen molar-refractivity contribution in [3.63, 3.8) is 0 Å². The van der Waals surface area contributed by atoms with Crippen molar-refractivity contribution in [3.05, 3.63) is 93.8 Å². The summed E-state index contributed by atoms with van der Waals surface area (Å²) in [5, 5.41) is 9.32. The summed E-state index contributed by atoms with van der Waals surface area (Å²) in [6.07, 6.45) is 11.3. The van der Waals surface area contributed by atoms with Gasteiger partial charge in [-0.05, 0) is 132 Å². The molecular weight excluding hydrogens is 628 g/mol. The van der Waals surface area contributed by atoms with Crippen LogP contribution in [0.15, 0.2) is 48.8 Å². The molecule has 4 aromatic rings. The minimum atomic E-state index is -0.901. The van der Waals surface area contributed by atoms with Crippen LogP contribution in [0.1, 0.15) is 115 Å². The van der Waals surface area contributed by atoms with Gasteiger partial charge in [0.15, 0.2) is 0 Å². The van der Waals surface area contributed by atoms with Gasteiger partial charge in [-0.25, -0.2) is 19.6 Å². The Balaban J connectivity index is 0.000000261. The van der Waals surface area contributed by atoms with Crippen molar-refractivity contribution < 1.29 is 19.4 Å². The van der Waals surface area contributed by atoms with Gasteiger partial charge in [0.25, 0.3) is 0 Å². The minimum Gasteiger partial charge on any atom is -0.477 e. The molecule has 0 bridgehead atoms. The van der Waals surface area contributed by atoms with Gasteiger partial charge in [-0.2, -0.15) is 0 Å². The molecule has 6 rings (SSSR count). The maximum Gasteiger partial charge on any atom is 0.354 e. The van der Waals surface area contributed by atoms with E-state index in [1.807, 2.05) is 49.9 Å². The van der Waals surface area contributed by atoms with Gasteiger partial charge < -0.3 is 28.8 Å². The molecule has 6 heterocycles. The van der Waals surface area contributed by atoms with Gasteiger partial charge in [0.2, 0.25) is 0 Å². The zero-order chi connectivity index (χ0) is 34.2. The number of ether oxygens (including phenoxy) is 1. The van der Waals surface area contributed by atoms with Gasteiger partial charge in [0.05, 0.1) is 31.1 Å². The molecule has 0 atom stereocenters. The van der Waals surface area contributed by atoms with Crippen molar-refractivity contribution in [2.45, 2.75) is 101 Å². The number of carboxylic acids is 1. The SMILES string of the molecule is C.C.CCOC(=O)c1cc(C)cn1Cc1cc(C)cc(N2CCCCC2)n1.Cc1cc(Cn2cc(C)cc2C(=O)O)nc(N2CCCCC2)c1. The molecule has 10 nitrogen and oxygen atoms in total. The quantitative estimate of drug-likeness (QED) is 0.176. The van der Waals surface area contributed by atoms with Crippen LogP contribution in [-0.2, 0) is 17.8 Å². The van der Waals surface area contributed by atoms with E-state index in [0.29, 0.717) is 31.1 Å². The summed E-state index contributed by atoms with van der Waals surface area (Å²) in [4.78, 5) is 37.9. The molecule has 50 heavy (non-hydrogen) atoms. The van der Waals surface area contributed by atoms with Gasteiger partial charge in [0, 0.05) is 38.6 Å². The van der Waals surface area contributed by atoms with Crippen LogP contribution in [0.25, 0.3) is 0 Å². The van der Waals surface area contributed by atoms with Gasteiger partial charge in [-0.1, -0.05) is 14.9 Å². The molecule has 2 aliphatic rings. The molecule has 0 radical (unpaired) electrons. The van der Waals surface area contributed by atoms with Crippen molar-refractivity contribution >= 4 is 23.6 Å². The first-order valence-electron chi connectivity index (χ1n) is 17.3. The first kappa shape index (κ1) is 39.8. The molecule has 2 saturated heterocycles. The number of carboxylic acid groups (broad SMARTS) is 1. The lowest BCUT2D eigenvalue weighted by Gasteiger charge is -2.28. The van der Waals surface area contributed by atoms with E-state index in [2.05, 4.69) is 41.8 Å². The van der Waals surface area contributed by atoms with E-state index in [1.54, 1.807) is 10.6 Å². The number of esters is 1.